The summed E-state index contributed by atoms with van der Waals surface area (Å²) in [7, 11) is 0. The van der Waals surface area contributed by atoms with Gasteiger partial charge < -0.3 is 5.73 Å². The van der Waals surface area contributed by atoms with E-state index in [0.717, 1.165) is 24.5 Å². The average molecular weight is 250 g/mol. The minimum atomic E-state index is -0.199. The lowest BCUT2D eigenvalue weighted by atomic mass is 9.63. The third kappa shape index (κ3) is 2.40. The van der Waals surface area contributed by atoms with Gasteiger partial charge in [0.2, 0.25) is 4.75 Å². The van der Waals surface area contributed by atoms with E-state index in [9.17, 15) is 4.21 Å². The Morgan fingerprint density at radius 2 is 1.94 bits per heavy atom. The van der Waals surface area contributed by atoms with Crippen LogP contribution in [0.4, 0.5) is 0 Å². The summed E-state index contributed by atoms with van der Waals surface area (Å²) in [5.41, 5.74) is 7.52. The van der Waals surface area contributed by atoms with Crippen LogP contribution in [0.5, 0.6) is 0 Å². The number of rotatable bonds is 4. The van der Waals surface area contributed by atoms with Crippen LogP contribution >= 0.6 is 0 Å². The van der Waals surface area contributed by atoms with E-state index in [1.54, 1.807) is 0 Å². The standard InChI is InChI=1S/C14H20NOS/c1-14(2,17-16)12-9-8-11(12)13(15)10-6-4-3-5-7-10/h3-7,11-13H,8-9,15H2,1-2H3/q+1/t11?,12?,13-/m1/s1. The second-order valence-electron chi connectivity index (χ2n) is 5.47. The molecule has 0 radical (unpaired) electrons. The van der Waals surface area contributed by atoms with Gasteiger partial charge >= 0.3 is 11.7 Å². The van der Waals surface area contributed by atoms with Crippen molar-refractivity contribution in [2.24, 2.45) is 17.6 Å². The van der Waals surface area contributed by atoms with E-state index in [-0.39, 0.29) is 10.8 Å². The quantitative estimate of drug-likeness (QED) is 0.835. The summed E-state index contributed by atoms with van der Waals surface area (Å²) in [5.74, 6) is 0.897. The first-order valence-corrected chi connectivity index (χ1v) is 6.92. The van der Waals surface area contributed by atoms with Crippen LogP contribution in [0, 0.1) is 11.8 Å². The van der Waals surface area contributed by atoms with Crippen LogP contribution in [-0.4, -0.2) is 4.75 Å². The Bertz CT molecular complexity index is 390. The fourth-order valence-corrected chi connectivity index (χ4v) is 3.22. The van der Waals surface area contributed by atoms with Crippen molar-refractivity contribution in [3.63, 3.8) is 0 Å². The Kier molecular flexibility index (Phi) is 3.59. The van der Waals surface area contributed by atoms with Gasteiger partial charge in [0.25, 0.3) is 0 Å². The van der Waals surface area contributed by atoms with Crippen molar-refractivity contribution in [2.45, 2.75) is 37.5 Å². The van der Waals surface area contributed by atoms with Gasteiger partial charge in [0.05, 0.1) is 0 Å². The molecular formula is C14H20NOS+. The van der Waals surface area contributed by atoms with E-state index in [1.807, 2.05) is 32.0 Å². The van der Waals surface area contributed by atoms with Gasteiger partial charge in [0, 0.05) is 30.0 Å². The molecule has 1 aliphatic carbocycles. The fraction of sp³-hybridized carbons (Fsp3) is 0.571. The number of nitrogens with two attached hydrogens (primary N) is 1. The first-order chi connectivity index (χ1) is 8.06. The van der Waals surface area contributed by atoms with Crippen molar-refractivity contribution in [1.29, 1.82) is 0 Å². The van der Waals surface area contributed by atoms with Crippen molar-refractivity contribution in [2.75, 3.05) is 0 Å². The topological polar surface area (TPSA) is 43.1 Å². The predicted octanol–water partition coefficient (Wildman–Crippen LogP) is 2.92. The molecule has 0 saturated heterocycles. The van der Waals surface area contributed by atoms with Crippen LogP contribution in [0.1, 0.15) is 38.3 Å². The van der Waals surface area contributed by atoms with Crippen LogP contribution in [0.2, 0.25) is 0 Å². The number of hydrogen-bond donors (Lipinski definition) is 1. The van der Waals surface area contributed by atoms with E-state index in [1.165, 1.54) is 5.56 Å². The fourth-order valence-electron chi connectivity index (χ4n) is 2.80. The van der Waals surface area contributed by atoms with Crippen molar-refractivity contribution < 1.29 is 4.21 Å². The molecule has 0 aliphatic heterocycles. The van der Waals surface area contributed by atoms with Gasteiger partial charge in [0.15, 0.2) is 0 Å². The van der Waals surface area contributed by atoms with Gasteiger partial charge in [-0.1, -0.05) is 30.3 Å². The predicted molar refractivity (Wildman–Crippen MR) is 71.7 cm³/mol. The smallest absolute Gasteiger partial charge is 0.324 e. The molecule has 17 heavy (non-hydrogen) atoms. The highest BCUT2D eigenvalue weighted by atomic mass is 32.1. The Hall–Kier alpha value is -0.800. The molecule has 0 bridgehead atoms. The molecule has 1 saturated carbocycles. The summed E-state index contributed by atoms with van der Waals surface area (Å²) < 4.78 is 11.0. The Morgan fingerprint density at radius 3 is 2.41 bits per heavy atom. The van der Waals surface area contributed by atoms with Crippen molar-refractivity contribution in [1.82, 2.24) is 0 Å². The van der Waals surface area contributed by atoms with Gasteiger partial charge in [-0.15, -0.1) is 0 Å². The van der Waals surface area contributed by atoms with Crippen molar-refractivity contribution in [3.8, 4) is 0 Å². The highest BCUT2D eigenvalue weighted by molar-refractivity contribution is 7.67. The van der Waals surface area contributed by atoms with Gasteiger partial charge in [-0.25, -0.2) is 0 Å². The Balaban J connectivity index is 2.12. The van der Waals surface area contributed by atoms with E-state index in [0.29, 0.717) is 11.8 Å². The molecule has 1 aromatic rings. The van der Waals surface area contributed by atoms with E-state index in [2.05, 4.69) is 12.1 Å². The molecular weight excluding hydrogens is 230 g/mol. The summed E-state index contributed by atoms with van der Waals surface area (Å²) in [5, 5.41) is 0. The minimum Gasteiger partial charge on any atom is -0.324 e. The molecule has 0 amide bonds. The number of hydrogen-bond acceptors (Lipinski definition) is 2. The largest absolute Gasteiger partial charge is 0.465 e. The highest BCUT2D eigenvalue weighted by Crippen LogP contribution is 2.47. The lowest BCUT2D eigenvalue weighted by Crippen LogP contribution is -2.46. The second kappa shape index (κ2) is 4.83. The third-order valence-corrected chi connectivity index (χ3v) is 4.81. The molecule has 92 valence electrons. The number of benzene rings is 1. The van der Waals surface area contributed by atoms with Crippen LogP contribution in [0.25, 0.3) is 0 Å². The van der Waals surface area contributed by atoms with Crippen molar-refractivity contribution >= 4 is 11.7 Å². The van der Waals surface area contributed by atoms with E-state index in [4.69, 9.17) is 5.73 Å². The molecule has 1 fully saturated rings. The average Bonchev–Trinajstić information content (AvgIpc) is 2.28. The molecule has 0 aromatic heterocycles. The summed E-state index contributed by atoms with van der Waals surface area (Å²) >= 11 is 0.722. The van der Waals surface area contributed by atoms with Crippen LogP contribution in [0.3, 0.4) is 0 Å². The minimum absolute atomic E-state index is 0.0707. The molecule has 3 heteroatoms. The first-order valence-electron chi connectivity index (χ1n) is 6.18. The molecule has 1 aliphatic rings. The maximum Gasteiger partial charge on any atom is 0.465 e. The van der Waals surface area contributed by atoms with E-state index < -0.39 is 0 Å². The van der Waals surface area contributed by atoms with Crippen LogP contribution in [0.15, 0.2) is 30.3 Å². The zero-order valence-electron chi connectivity index (χ0n) is 10.4. The molecule has 3 atom stereocenters. The van der Waals surface area contributed by atoms with Gasteiger partial charge in [-0.3, -0.25) is 0 Å². The van der Waals surface area contributed by atoms with Crippen molar-refractivity contribution in [3.05, 3.63) is 35.9 Å². The van der Waals surface area contributed by atoms with Crippen LogP contribution < -0.4 is 5.73 Å². The molecule has 2 N–H and O–H groups in total. The zero-order chi connectivity index (χ0) is 12.5. The van der Waals surface area contributed by atoms with Gasteiger partial charge in [-0.2, -0.15) is 0 Å². The zero-order valence-corrected chi connectivity index (χ0v) is 11.2. The lowest BCUT2D eigenvalue weighted by Gasteiger charge is -2.42. The summed E-state index contributed by atoms with van der Waals surface area (Å²) in [6.45, 7) is 4.08. The van der Waals surface area contributed by atoms with Gasteiger partial charge in [-0.05, 0) is 24.3 Å². The highest BCUT2D eigenvalue weighted by Gasteiger charge is 2.52. The van der Waals surface area contributed by atoms with Gasteiger partial charge in [0.1, 0.15) is 0 Å². The summed E-state index contributed by atoms with van der Waals surface area (Å²) in [4.78, 5) is 0. The first kappa shape index (κ1) is 12.7. The molecule has 2 unspecified atom stereocenters. The lowest BCUT2D eigenvalue weighted by molar-refractivity contribution is 0.111. The molecule has 1 aromatic carbocycles. The summed E-state index contributed by atoms with van der Waals surface area (Å²) in [6.07, 6.45) is 2.28. The van der Waals surface area contributed by atoms with E-state index >= 15 is 0 Å². The molecule has 0 heterocycles. The van der Waals surface area contributed by atoms with Crippen LogP contribution in [-0.2, 0) is 15.9 Å². The Morgan fingerprint density at radius 1 is 1.29 bits per heavy atom. The second-order valence-corrected chi connectivity index (χ2v) is 6.69. The third-order valence-electron chi connectivity index (χ3n) is 4.08. The monoisotopic (exact) mass is 250 g/mol. The maximum absolute atomic E-state index is 11.2. The molecule has 0 spiro atoms. The normalized spacial score (nSPS) is 26.1. The molecule has 2 nitrogen and oxygen atoms in total. The Labute approximate surface area is 107 Å². The summed E-state index contributed by atoms with van der Waals surface area (Å²) in [6, 6.07) is 10.3. The maximum atomic E-state index is 11.2. The molecule has 2 rings (SSSR count). The SMILES string of the molecule is CC(C)([S+]=O)C1CCC1[C@H](N)c1ccccc1.